The van der Waals surface area contributed by atoms with Crippen molar-refractivity contribution in [1.82, 2.24) is 19.6 Å². The molecule has 5 rings (SSSR count). The number of rotatable bonds is 4. The zero-order valence-corrected chi connectivity index (χ0v) is 15.5. The van der Waals surface area contributed by atoms with Gasteiger partial charge in [-0.1, -0.05) is 18.2 Å². The monoisotopic (exact) mass is 390 g/mol. The standard InChI is InChI=1S/C22H16F2N4O/c1-13-21(14-5-2-8-19-15(14)11-25-27-19)28-10-4-9-20(22(28)26-13)29-12-16-17(23)6-3-7-18(16)24/h2-11H,12H2,1H3,(H,25,27). The summed E-state index contributed by atoms with van der Waals surface area (Å²) < 4.78 is 35.5. The summed E-state index contributed by atoms with van der Waals surface area (Å²) >= 11 is 0. The van der Waals surface area contributed by atoms with Crippen molar-refractivity contribution < 1.29 is 13.5 Å². The maximum Gasteiger partial charge on any atom is 0.180 e. The van der Waals surface area contributed by atoms with Crippen molar-refractivity contribution in [2.24, 2.45) is 0 Å². The molecule has 5 nitrogen and oxygen atoms in total. The Kier molecular flexibility index (Phi) is 4.01. The third kappa shape index (κ3) is 2.82. The predicted molar refractivity (Wildman–Crippen MR) is 106 cm³/mol. The van der Waals surface area contributed by atoms with E-state index in [9.17, 15) is 8.78 Å². The van der Waals surface area contributed by atoms with Crippen molar-refractivity contribution in [3.05, 3.63) is 83.8 Å². The van der Waals surface area contributed by atoms with E-state index in [2.05, 4.69) is 15.2 Å². The molecule has 0 aliphatic carbocycles. The van der Waals surface area contributed by atoms with Crippen LogP contribution in [0.15, 0.2) is 60.9 Å². The lowest BCUT2D eigenvalue weighted by molar-refractivity contribution is 0.294. The number of aryl methyl sites for hydroxylation is 1. The first-order valence-electron chi connectivity index (χ1n) is 9.09. The average molecular weight is 390 g/mol. The summed E-state index contributed by atoms with van der Waals surface area (Å²) in [5.41, 5.74) is 4.11. The first-order valence-corrected chi connectivity index (χ1v) is 9.09. The van der Waals surface area contributed by atoms with Gasteiger partial charge in [0.25, 0.3) is 0 Å². The van der Waals surface area contributed by atoms with E-state index in [-0.39, 0.29) is 12.2 Å². The Balaban J connectivity index is 1.60. The van der Waals surface area contributed by atoms with Gasteiger partial charge >= 0.3 is 0 Å². The molecule has 0 aliphatic rings. The Bertz CT molecular complexity index is 1340. The topological polar surface area (TPSA) is 55.2 Å². The molecule has 0 saturated carbocycles. The molecule has 2 aromatic carbocycles. The number of aromatic amines is 1. The van der Waals surface area contributed by atoms with Crippen LogP contribution in [0.2, 0.25) is 0 Å². The van der Waals surface area contributed by atoms with Crippen molar-refractivity contribution in [3.8, 4) is 17.0 Å². The van der Waals surface area contributed by atoms with E-state index in [0.717, 1.165) is 27.9 Å². The van der Waals surface area contributed by atoms with E-state index >= 15 is 0 Å². The van der Waals surface area contributed by atoms with E-state index in [1.54, 1.807) is 12.3 Å². The highest BCUT2D eigenvalue weighted by Gasteiger charge is 2.17. The van der Waals surface area contributed by atoms with Crippen LogP contribution in [0.5, 0.6) is 5.75 Å². The number of halogens is 2. The van der Waals surface area contributed by atoms with Gasteiger partial charge in [-0.2, -0.15) is 5.10 Å². The number of nitrogens with one attached hydrogen (secondary N) is 1. The maximum atomic E-state index is 13.9. The minimum Gasteiger partial charge on any atom is -0.485 e. The molecule has 3 heterocycles. The molecule has 0 bridgehead atoms. The Hall–Kier alpha value is -3.74. The van der Waals surface area contributed by atoms with E-state index in [1.165, 1.54) is 18.2 Å². The first kappa shape index (κ1) is 17.4. The van der Waals surface area contributed by atoms with Crippen LogP contribution in [0.4, 0.5) is 8.78 Å². The number of pyridine rings is 1. The van der Waals surface area contributed by atoms with Crippen LogP contribution < -0.4 is 4.74 Å². The van der Waals surface area contributed by atoms with Crippen molar-refractivity contribution in [2.75, 3.05) is 0 Å². The molecule has 0 fully saturated rings. The second kappa shape index (κ2) is 6.70. The fraction of sp³-hybridized carbons (Fsp3) is 0.0909. The van der Waals surface area contributed by atoms with E-state index in [0.29, 0.717) is 11.4 Å². The molecule has 144 valence electrons. The fourth-order valence-electron chi connectivity index (χ4n) is 3.59. The number of nitrogens with zero attached hydrogens (tertiary/aromatic N) is 3. The van der Waals surface area contributed by atoms with E-state index in [4.69, 9.17) is 4.74 Å². The summed E-state index contributed by atoms with van der Waals surface area (Å²) in [4.78, 5) is 4.66. The van der Waals surface area contributed by atoms with Crippen LogP contribution >= 0.6 is 0 Å². The molecule has 0 spiro atoms. The summed E-state index contributed by atoms with van der Waals surface area (Å²) in [5, 5.41) is 8.09. The predicted octanol–water partition coefficient (Wildman–Crippen LogP) is 5.04. The normalized spacial score (nSPS) is 11.4. The van der Waals surface area contributed by atoms with Crippen LogP contribution in [0.25, 0.3) is 27.8 Å². The molecule has 29 heavy (non-hydrogen) atoms. The minimum absolute atomic E-state index is 0.110. The fourth-order valence-corrected chi connectivity index (χ4v) is 3.59. The molecule has 0 unspecified atom stereocenters. The number of fused-ring (bicyclic) bond motifs is 2. The highest BCUT2D eigenvalue weighted by molar-refractivity contribution is 5.94. The smallest absolute Gasteiger partial charge is 0.180 e. The summed E-state index contributed by atoms with van der Waals surface area (Å²) in [7, 11) is 0. The van der Waals surface area contributed by atoms with Crippen LogP contribution in [-0.4, -0.2) is 19.6 Å². The highest BCUT2D eigenvalue weighted by atomic mass is 19.1. The summed E-state index contributed by atoms with van der Waals surface area (Å²) in [6.07, 6.45) is 3.67. The number of H-pyrrole nitrogens is 1. The molecule has 0 saturated heterocycles. The second-order valence-electron chi connectivity index (χ2n) is 6.74. The molecular formula is C22H16F2N4O. The SMILES string of the molecule is Cc1nc2c(OCc3c(F)cccc3F)cccn2c1-c1cccc2[nH]ncc12. The number of hydrogen-bond donors (Lipinski definition) is 1. The quantitative estimate of drug-likeness (QED) is 0.468. The number of aromatic nitrogens is 4. The zero-order chi connectivity index (χ0) is 20.0. The lowest BCUT2D eigenvalue weighted by atomic mass is 10.1. The van der Waals surface area contributed by atoms with Gasteiger partial charge in [0.2, 0.25) is 0 Å². The van der Waals surface area contributed by atoms with Gasteiger partial charge in [-0.15, -0.1) is 0 Å². The van der Waals surface area contributed by atoms with Crippen LogP contribution in [0.1, 0.15) is 11.3 Å². The van der Waals surface area contributed by atoms with Gasteiger partial charge in [0.1, 0.15) is 18.2 Å². The van der Waals surface area contributed by atoms with E-state index in [1.807, 2.05) is 41.8 Å². The lowest BCUT2D eigenvalue weighted by Gasteiger charge is -2.10. The number of imidazole rings is 1. The molecule has 0 amide bonds. The molecule has 1 N–H and O–H groups in total. The third-order valence-electron chi connectivity index (χ3n) is 4.96. The molecule has 5 aromatic rings. The van der Waals surface area contributed by atoms with Gasteiger partial charge in [0.05, 0.1) is 28.7 Å². The minimum atomic E-state index is -0.635. The zero-order valence-electron chi connectivity index (χ0n) is 15.5. The highest BCUT2D eigenvalue weighted by Crippen LogP contribution is 2.33. The van der Waals surface area contributed by atoms with Crippen LogP contribution in [0.3, 0.4) is 0 Å². The third-order valence-corrected chi connectivity index (χ3v) is 4.96. The van der Waals surface area contributed by atoms with Crippen molar-refractivity contribution in [1.29, 1.82) is 0 Å². The van der Waals surface area contributed by atoms with Crippen LogP contribution in [-0.2, 0) is 6.61 Å². The number of benzene rings is 2. The molecule has 0 atom stereocenters. The van der Waals surface area contributed by atoms with Gasteiger partial charge in [0.15, 0.2) is 11.4 Å². The van der Waals surface area contributed by atoms with Crippen molar-refractivity contribution >= 4 is 16.6 Å². The number of ether oxygens (including phenoxy) is 1. The summed E-state index contributed by atoms with van der Waals surface area (Å²) in [6, 6.07) is 13.2. The van der Waals surface area contributed by atoms with Gasteiger partial charge in [-0.25, -0.2) is 13.8 Å². The van der Waals surface area contributed by atoms with E-state index < -0.39 is 11.6 Å². The molecule has 0 radical (unpaired) electrons. The molecule has 0 aliphatic heterocycles. The largest absolute Gasteiger partial charge is 0.485 e. The first-order chi connectivity index (χ1) is 14.1. The van der Waals surface area contributed by atoms with Gasteiger partial charge in [0, 0.05) is 17.1 Å². The Morgan fingerprint density at radius 2 is 1.83 bits per heavy atom. The van der Waals surface area contributed by atoms with Gasteiger partial charge < -0.3 is 4.74 Å². The van der Waals surface area contributed by atoms with Crippen LogP contribution in [0, 0.1) is 18.6 Å². The van der Waals surface area contributed by atoms with Gasteiger partial charge in [-0.3, -0.25) is 9.50 Å². The summed E-state index contributed by atoms with van der Waals surface area (Å²) in [5.74, 6) is -0.823. The lowest BCUT2D eigenvalue weighted by Crippen LogP contribution is -2.03. The molecular weight excluding hydrogens is 374 g/mol. The second-order valence-corrected chi connectivity index (χ2v) is 6.74. The Morgan fingerprint density at radius 3 is 2.66 bits per heavy atom. The molecule has 7 heteroatoms. The Labute approximate surface area is 164 Å². The summed E-state index contributed by atoms with van der Waals surface area (Å²) in [6.45, 7) is 1.69. The average Bonchev–Trinajstić information content (AvgIpc) is 3.31. The van der Waals surface area contributed by atoms with Gasteiger partial charge in [-0.05, 0) is 37.3 Å². The van der Waals surface area contributed by atoms with Crippen molar-refractivity contribution in [3.63, 3.8) is 0 Å². The number of hydrogen-bond acceptors (Lipinski definition) is 3. The maximum absolute atomic E-state index is 13.9. The molecule has 3 aromatic heterocycles. The Morgan fingerprint density at radius 1 is 1.03 bits per heavy atom. The van der Waals surface area contributed by atoms with Crippen molar-refractivity contribution in [2.45, 2.75) is 13.5 Å².